The Morgan fingerprint density at radius 2 is 2.37 bits per heavy atom. The summed E-state index contributed by atoms with van der Waals surface area (Å²) in [6.45, 7) is -0.0686. The molecule has 0 amide bonds. The molecule has 0 unspecified atom stereocenters. The Bertz CT molecular complexity index is 662. The van der Waals surface area contributed by atoms with Gasteiger partial charge in [0.15, 0.2) is 15.7 Å². The molecule has 102 valence electrons. The predicted molar refractivity (Wildman–Crippen MR) is 64.0 cm³/mol. The van der Waals surface area contributed by atoms with Gasteiger partial charge in [-0.1, -0.05) is 5.16 Å². The minimum Gasteiger partial charge on any atom is -0.464 e. The van der Waals surface area contributed by atoms with E-state index in [-0.39, 0.29) is 16.4 Å². The number of sulfonamides is 1. The number of thiazole rings is 1. The third-order valence-electron chi connectivity index (χ3n) is 2.09. The van der Waals surface area contributed by atoms with Gasteiger partial charge in [-0.3, -0.25) is 0 Å². The fourth-order valence-electron chi connectivity index (χ4n) is 1.22. The van der Waals surface area contributed by atoms with Crippen molar-refractivity contribution in [3.8, 4) is 0 Å². The Kier molecular flexibility index (Phi) is 3.93. The summed E-state index contributed by atoms with van der Waals surface area (Å²) in [5.41, 5.74) is 1.02. The first kappa shape index (κ1) is 13.6. The van der Waals surface area contributed by atoms with Gasteiger partial charge in [0, 0.05) is 6.07 Å². The lowest BCUT2D eigenvalue weighted by atomic mass is 10.5. The third-order valence-corrected chi connectivity index (χ3v) is 4.86. The molecule has 0 atom stereocenters. The topological polar surface area (TPSA) is 111 Å². The van der Waals surface area contributed by atoms with Crippen LogP contribution in [0, 0.1) is 0 Å². The maximum Gasteiger partial charge on any atom is 0.358 e. The molecule has 0 aliphatic rings. The molecule has 0 saturated heterocycles. The van der Waals surface area contributed by atoms with Crippen LogP contribution >= 0.6 is 11.3 Å². The van der Waals surface area contributed by atoms with Crippen molar-refractivity contribution in [2.75, 3.05) is 7.11 Å². The summed E-state index contributed by atoms with van der Waals surface area (Å²) in [6.07, 6.45) is 1.40. The van der Waals surface area contributed by atoms with E-state index in [1.807, 2.05) is 0 Å². The first-order chi connectivity index (χ1) is 9.04. The van der Waals surface area contributed by atoms with Crippen LogP contribution in [0.15, 0.2) is 26.5 Å². The normalized spacial score (nSPS) is 11.4. The lowest BCUT2D eigenvalue weighted by Crippen LogP contribution is -2.24. The van der Waals surface area contributed by atoms with Gasteiger partial charge >= 0.3 is 5.97 Å². The molecule has 0 aliphatic heterocycles. The van der Waals surface area contributed by atoms with E-state index >= 15 is 0 Å². The average Bonchev–Trinajstić information content (AvgIpc) is 3.06. The minimum absolute atomic E-state index is 0.0686. The SMILES string of the molecule is COC(=O)c1ncsc1S(=O)(=O)NCc1ccno1. The van der Waals surface area contributed by atoms with Gasteiger partial charge in [-0.15, -0.1) is 11.3 Å². The molecule has 0 aliphatic carbocycles. The van der Waals surface area contributed by atoms with E-state index < -0.39 is 16.0 Å². The molecule has 1 N–H and O–H groups in total. The quantitative estimate of drug-likeness (QED) is 0.795. The summed E-state index contributed by atoms with van der Waals surface area (Å²) >= 11 is 0.829. The Hall–Kier alpha value is -1.78. The zero-order chi connectivity index (χ0) is 13.9. The zero-order valence-electron chi connectivity index (χ0n) is 9.69. The van der Waals surface area contributed by atoms with E-state index in [2.05, 4.69) is 19.6 Å². The predicted octanol–water partition coefficient (Wildman–Crippen LogP) is 0.396. The van der Waals surface area contributed by atoms with Crippen LogP contribution in [0.4, 0.5) is 0 Å². The van der Waals surface area contributed by atoms with Crippen molar-refractivity contribution in [2.24, 2.45) is 0 Å². The molecule has 2 aromatic heterocycles. The standard InChI is InChI=1S/C9H9N3O5S2/c1-16-8(13)7-9(18-5-10-7)19(14,15)12-4-6-2-3-11-17-6/h2-3,5,12H,4H2,1H3. The summed E-state index contributed by atoms with van der Waals surface area (Å²) < 4.78 is 35.4. The molecule has 0 spiro atoms. The lowest BCUT2D eigenvalue weighted by molar-refractivity contribution is 0.0590. The summed E-state index contributed by atoms with van der Waals surface area (Å²) in [5.74, 6) is -0.450. The van der Waals surface area contributed by atoms with Crippen molar-refractivity contribution in [3.05, 3.63) is 29.2 Å². The van der Waals surface area contributed by atoms with Gasteiger partial charge in [-0.2, -0.15) is 0 Å². The van der Waals surface area contributed by atoms with Crippen LogP contribution in [0.25, 0.3) is 0 Å². The molecule has 0 aromatic carbocycles. The molecule has 8 nitrogen and oxygen atoms in total. The number of hydrogen-bond donors (Lipinski definition) is 1. The molecule has 2 rings (SSSR count). The van der Waals surface area contributed by atoms with Gasteiger partial charge < -0.3 is 9.26 Å². The Morgan fingerprint density at radius 3 is 3.00 bits per heavy atom. The summed E-state index contributed by atoms with van der Waals surface area (Å²) in [7, 11) is -2.71. The molecular formula is C9H9N3O5S2. The fraction of sp³-hybridized carbons (Fsp3) is 0.222. The van der Waals surface area contributed by atoms with E-state index in [1.54, 1.807) is 0 Å². The van der Waals surface area contributed by atoms with Gasteiger partial charge in [0.05, 0.1) is 25.4 Å². The monoisotopic (exact) mass is 303 g/mol. The molecule has 10 heteroatoms. The van der Waals surface area contributed by atoms with Crippen LogP contribution in [-0.4, -0.2) is 31.6 Å². The number of methoxy groups -OCH3 is 1. The molecule has 2 heterocycles. The fourth-order valence-corrected chi connectivity index (χ4v) is 3.39. The first-order valence-electron chi connectivity index (χ1n) is 4.95. The lowest BCUT2D eigenvalue weighted by Gasteiger charge is -2.03. The van der Waals surface area contributed by atoms with Gasteiger partial charge in [0.25, 0.3) is 10.0 Å². The number of aromatic nitrogens is 2. The van der Waals surface area contributed by atoms with Crippen molar-refractivity contribution < 1.29 is 22.5 Å². The number of hydrogen-bond acceptors (Lipinski definition) is 8. The van der Waals surface area contributed by atoms with Gasteiger partial charge in [-0.25, -0.2) is 22.9 Å². The summed E-state index contributed by atoms with van der Waals surface area (Å²) in [4.78, 5) is 15.1. The van der Waals surface area contributed by atoms with Crippen LogP contribution < -0.4 is 4.72 Å². The maximum atomic E-state index is 12.0. The van der Waals surface area contributed by atoms with Crippen LogP contribution in [0.1, 0.15) is 16.2 Å². The highest BCUT2D eigenvalue weighted by atomic mass is 32.2. The van der Waals surface area contributed by atoms with E-state index in [4.69, 9.17) is 4.52 Å². The number of nitrogens with zero attached hydrogens (tertiary/aromatic N) is 2. The number of esters is 1. The van der Waals surface area contributed by atoms with Crippen LogP contribution in [0.3, 0.4) is 0 Å². The van der Waals surface area contributed by atoms with Gasteiger partial charge in [-0.05, 0) is 0 Å². The van der Waals surface area contributed by atoms with Crippen molar-refractivity contribution in [3.63, 3.8) is 0 Å². The van der Waals surface area contributed by atoms with Crippen LogP contribution in [-0.2, 0) is 21.3 Å². The molecular weight excluding hydrogens is 294 g/mol. The second-order valence-corrected chi connectivity index (χ2v) is 6.10. The molecule has 0 fully saturated rings. The average molecular weight is 303 g/mol. The van der Waals surface area contributed by atoms with Gasteiger partial charge in [0.1, 0.15) is 0 Å². The smallest absolute Gasteiger partial charge is 0.358 e. The number of ether oxygens (including phenoxy) is 1. The highest BCUT2D eigenvalue weighted by Gasteiger charge is 2.26. The molecule has 2 aromatic rings. The highest BCUT2D eigenvalue weighted by molar-refractivity contribution is 7.91. The Balaban J connectivity index is 2.20. The van der Waals surface area contributed by atoms with Crippen molar-refractivity contribution in [1.82, 2.24) is 14.9 Å². The maximum absolute atomic E-state index is 12.0. The summed E-state index contributed by atoms with van der Waals surface area (Å²) in [6, 6.07) is 1.52. The summed E-state index contributed by atoms with van der Waals surface area (Å²) in [5, 5.41) is 3.45. The highest BCUT2D eigenvalue weighted by Crippen LogP contribution is 2.20. The minimum atomic E-state index is -3.86. The van der Waals surface area contributed by atoms with Crippen LogP contribution in [0.2, 0.25) is 0 Å². The van der Waals surface area contributed by atoms with E-state index in [0.29, 0.717) is 5.76 Å². The van der Waals surface area contributed by atoms with Crippen LogP contribution in [0.5, 0.6) is 0 Å². The van der Waals surface area contributed by atoms with Gasteiger partial charge in [0.2, 0.25) is 0 Å². The Morgan fingerprint density at radius 1 is 1.58 bits per heavy atom. The number of rotatable bonds is 5. The molecule has 0 bridgehead atoms. The first-order valence-corrected chi connectivity index (χ1v) is 7.32. The number of carbonyl (C=O) groups is 1. The largest absolute Gasteiger partial charge is 0.464 e. The van der Waals surface area contributed by atoms with Crippen molar-refractivity contribution in [1.29, 1.82) is 0 Å². The molecule has 0 saturated carbocycles. The second kappa shape index (κ2) is 5.47. The van der Waals surface area contributed by atoms with E-state index in [9.17, 15) is 13.2 Å². The third kappa shape index (κ3) is 2.97. The van der Waals surface area contributed by atoms with Crippen molar-refractivity contribution in [2.45, 2.75) is 10.8 Å². The van der Waals surface area contributed by atoms with E-state index in [0.717, 1.165) is 18.4 Å². The van der Waals surface area contributed by atoms with Crippen molar-refractivity contribution >= 4 is 27.3 Å². The second-order valence-electron chi connectivity index (χ2n) is 3.28. The number of nitrogens with one attached hydrogen (secondary N) is 1. The zero-order valence-corrected chi connectivity index (χ0v) is 11.3. The number of carbonyl (C=O) groups excluding carboxylic acids is 1. The molecule has 19 heavy (non-hydrogen) atoms. The van der Waals surface area contributed by atoms with E-state index in [1.165, 1.54) is 17.8 Å². The molecule has 0 radical (unpaired) electrons. The Labute approximate surface area is 112 Å².